The van der Waals surface area contributed by atoms with E-state index in [0.29, 0.717) is 0 Å². The molecule has 0 spiro atoms. The third-order valence-electron chi connectivity index (χ3n) is 1.90. The SMILES string of the molecule is CCNS(=O)(=O)Nc1cccc(F)c1CN. The van der Waals surface area contributed by atoms with Crippen molar-refractivity contribution in [2.24, 2.45) is 5.73 Å². The molecule has 1 aromatic carbocycles. The number of nitrogens with two attached hydrogens (primary N) is 1. The fourth-order valence-corrected chi connectivity index (χ4v) is 2.17. The molecule has 7 heteroatoms. The highest BCUT2D eigenvalue weighted by Crippen LogP contribution is 2.18. The van der Waals surface area contributed by atoms with Gasteiger partial charge < -0.3 is 5.73 Å². The standard InChI is InChI=1S/C9H14FN3O2S/c1-2-12-16(14,15)13-9-5-3-4-8(10)7(9)6-11/h3-5,12-13H,2,6,11H2,1H3. The summed E-state index contributed by atoms with van der Waals surface area (Å²) in [6.07, 6.45) is 0. The Labute approximate surface area is 94.0 Å². The lowest BCUT2D eigenvalue weighted by atomic mass is 10.2. The van der Waals surface area contributed by atoms with E-state index in [4.69, 9.17) is 5.73 Å². The van der Waals surface area contributed by atoms with E-state index >= 15 is 0 Å². The second-order valence-electron chi connectivity index (χ2n) is 3.07. The Hall–Kier alpha value is -1.18. The van der Waals surface area contributed by atoms with Gasteiger partial charge in [-0.2, -0.15) is 13.1 Å². The molecule has 1 aromatic rings. The Bertz CT molecular complexity index is 462. The summed E-state index contributed by atoms with van der Waals surface area (Å²) in [6.45, 7) is 1.83. The van der Waals surface area contributed by atoms with Crippen LogP contribution in [0.1, 0.15) is 12.5 Å². The highest BCUT2D eigenvalue weighted by molar-refractivity contribution is 7.90. The van der Waals surface area contributed by atoms with Crippen molar-refractivity contribution in [2.75, 3.05) is 11.3 Å². The fraction of sp³-hybridized carbons (Fsp3) is 0.333. The number of halogens is 1. The van der Waals surface area contributed by atoms with Crippen LogP contribution < -0.4 is 15.2 Å². The topological polar surface area (TPSA) is 84.2 Å². The van der Waals surface area contributed by atoms with Crippen LogP contribution in [0.15, 0.2) is 18.2 Å². The fourth-order valence-electron chi connectivity index (χ4n) is 1.23. The summed E-state index contributed by atoms with van der Waals surface area (Å²) in [5.41, 5.74) is 5.65. The first-order valence-electron chi connectivity index (χ1n) is 4.75. The van der Waals surface area contributed by atoms with E-state index in [2.05, 4.69) is 9.44 Å². The van der Waals surface area contributed by atoms with Crippen LogP contribution in [-0.4, -0.2) is 15.0 Å². The van der Waals surface area contributed by atoms with Gasteiger partial charge in [0.05, 0.1) is 5.69 Å². The highest BCUT2D eigenvalue weighted by atomic mass is 32.2. The van der Waals surface area contributed by atoms with Crippen LogP contribution >= 0.6 is 0 Å². The average Bonchev–Trinajstić information content (AvgIpc) is 2.17. The van der Waals surface area contributed by atoms with Gasteiger partial charge in [-0.25, -0.2) is 4.39 Å². The van der Waals surface area contributed by atoms with Crippen LogP contribution in [0.4, 0.5) is 10.1 Å². The number of rotatable bonds is 5. The van der Waals surface area contributed by atoms with Gasteiger partial charge in [-0.1, -0.05) is 13.0 Å². The minimum atomic E-state index is -3.66. The molecule has 0 aliphatic rings. The van der Waals surface area contributed by atoms with Crippen molar-refractivity contribution in [1.29, 1.82) is 0 Å². The number of benzene rings is 1. The number of nitrogens with one attached hydrogen (secondary N) is 2. The van der Waals surface area contributed by atoms with E-state index in [0.717, 1.165) is 0 Å². The number of hydrogen-bond acceptors (Lipinski definition) is 3. The second kappa shape index (κ2) is 5.24. The molecule has 1 rings (SSSR count). The molecule has 90 valence electrons. The Morgan fingerprint density at radius 2 is 2.12 bits per heavy atom. The molecule has 0 fully saturated rings. The zero-order valence-electron chi connectivity index (χ0n) is 8.83. The largest absolute Gasteiger partial charge is 0.326 e. The van der Waals surface area contributed by atoms with Gasteiger partial charge in [0, 0.05) is 18.7 Å². The summed E-state index contributed by atoms with van der Waals surface area (Å²) in [4.78, 5) is 0. The smallest absolute Gasteiger partial charge is 0.299 e. The van der Waals surface area contributed by atoms with Crippen molar-refractivity contribution in [3.8, 4) is 0 Å². The predicted molar refractivity (Wildman–Crippen MR) is 60.5 cm³/mol. The Kier molecular flexibility index (Phi) is 4.22. The zero-order chi connectivity index (χ0) is 12.2. The summed E-state index contributed by atoms with van der Waals surface area (Å²) in [6, 6.07) is 4.10. The molecular weight excluding hydrogens is 233 g/mol. The van der Waals surface area contributed by atoms with Gasteiger partial charge in [-0.3, -0.25) is 4.72 Å². The monoisotopic (exact) mass is 247 g/mol. The summed E-state index contributed by atoms with van der Waals surface area (Å²) < 4.78 is 40.5. The molecule has 0 saturated heterocycles. The minimum absolute atomic E-state index is 0.0728. The second-order valence-corrected chi connectivity index (χ2v) is 4.57. The van der Waals surface area contributed by atoms with Crippen LogP contribution in [0.2, 0.25) is 0 Å². The van der Waals surface area contributed by atoms with Gasteiger partial charge >= 0.3 is 0 Å². The maximum Gasteiger partial charge on any atom is 0.299 e. The summed E-state index contributed by atoms with van der Waals surface area (Å²) in [5, 5.41) is 0. The van der Waals surface area contributed by atoms with Crippen molar-refractivity contribution in [1.82, 2.24) is 4.72 Å². The molecule has 16 heavy (non-hydrogen) atoms. The van der Waals surface area contributed by atoms with Gasteiger partial charge in [-0.05, 0) is 12.1 Å². The lowest BCUT2D eigenvalue weighted by molar-refractivity contribution is 0.589. The summed E-state index contributed by atoms with van der Waals surface area (Å²) in [7, 11) is -3.66. The molecule has 0 amide bonds. The first-order chi connectivity index (χ1) is 7.50. The van der Waals surface area contributed by atoms with Crippen LogP contribution in [0.3, 0.4) is 0 Å². The zero-order valence-corrected chi connectivity index (χ0v) is 9.64. The molecule has 0 heterocycles. The Morgan fingerprint density at radius 1 is 1.44 bits per heavy atom. The number of anilines is 1. The van der Waals surface area contributed by atoms with Crippen LogP contribution in [-0.2, 0) is 16.8 Å². The third kappa shape index (κ3) is 3.16. The first kappa shape index (κ1) is 12.9. The van der Waals surface area contributed by atoms with E-state index in [1.165, 1.54) is 18.2 Å². The van der Waals surface area contributed by atoms with Crippen LogP contribution in [0.5, 0.6) is 0 Å². The molecular formula is C9H14FN3O2S. The van der Waals surface area contributed by atoms with E-state index in [1.807, 2.05) is 0 Å². The lowest BCUT2D eigenvalue weighted by Crippen LogP contribution is -2.30. The van der Waals surface area contributed by atoms with Crippen molar-refractivity contribution in [2.45, 2.75) is 13.5 Å². The molecule has 0 atom stereocenters. The highest BCUT2D eigenvalue weighted by Gasteiger charge is 2.12. The minimum Gasteiger partial charge on any atom is -0.326 e. The van der Waals surface area contributed by atoms with E-state index < -0.39 is 16.0 Å². The molecule has 0 aromatic heterocycles. The van der Waals surface area contributed by atoms with E-state index in [-0.39, 0.29) is 24.3 Å². The molecule has 0 aliphatic carbocycles. The predicted octanol–water partition coefficient (Wildman–Crippen LogP) is 0.551. The van der Waals surface area contributed by atoms with Gasteiger partial charge in [0.25, 0.3) is 10.2 Å². The van der Waals surface area contributed by atoms with Crippen molar-refractivity contribution < 1.29 is 12.8 Å². The summed E-state index contributed by atoms with van der Waals surface area (Å²) >= 11 is 0. The molecule has 0 saturated carbocycles. The lowest BCUT2D eigenvalue weighted by Gasteiger charge is -2.11. The van der Waals surface area contributed by atoms with E-state index in [1.54, 1.807) is 6.92 Å². The maximum absolute atomic E-state index is 13.3. The van der Waals surface area contributed by atoms with Crippen molar-refractivity contribution >= 4 is 15.9 Å². The first-order valence-corrected chi connectivity index (χ1v) is 6.23. The molecule has 4 N–H and O–H groups in total. The van der Waals surface area contributed by atoms with Crippen molar-refractivity contribution in [3.63, 3.8) is 0 Å². The maximum atomic E-state index is 13.3. The normalized spacial score (nSPS) is 11.4. The number of hydrogen-bond donors (Lipinski definition) is 3. The Balaban J connectivity index is 3.02. The van der Waals surface area contributed by atoms with Gasteiger partial charge in [0.1, 0.15) is 5.82 Å². The van der Waals surface area contributed by atoms with Gasteiger partial charge in [-0.15, -0.1) is 0 Å². The molecule has 0 bridgehead atoms. The van der Waals surface area contributed by atoms with Crippen LogP contribution in [0, 0.1) is 5.82 Å². The molecule has 0 unspecified atom stereocenters. The Morgan fingerprint density at radius 3 is 2.69 bits per heavy atom. The van der Waals surface area contributed by atoms with Gasteiger partial charge in [0.2, 0.25) is 0 Å². The average molecular weight is 247 g/mol. The quantitative estimate of drug-likeness (QED) is 0.710. The van der Waals surface area contributed by atoms with E-state index in [9.17, 15) is 12.8 Å². The molecule has 0 radical (unpaired) electrons. The van der Waals surface area contributed by atoms with Crippen LogP contribution in [0.25, 0.3) is 0 Å². The molecule has 5 nitrogen and oxygen atoms in total. The van der Waals surface area contributed by atoms with Gasteiger partial charge in [0.15, 0.2) is 0 Å². The summed E-state index contributed by atoms with van der Waals surface area (Å²) in [5.74, 6) is -0.529. The van der Waals surface area contributed by atoms with Crippen molar-refractivity contribution in [3.05, 3.63) is 29.6 Å². The third-order valence-corrected chi connectivity index (χ3v) is 3.06. The molecule has 0 aliphatic heterocycles.